The van der Waals surface area contributed by atoms with Gasteiger partial charge < -0.3 is 15.5 Å². The molecule has 160 valence electrons. The largest absolute Gasteiger partial charge is 0.352 e. The summed E-state index contributed by atoms with van der Waals surface area (Å²) in [5.41, 5.74) is 3.16. The van der Waals surface area contributed by atoms with E-state index in [1.165, 1.54) is 5.56 Å². The molecule has 1 aliphatic heterocycles. The van der Waals surface area contributed by atoms with Gasteiger partial charge in [0, 0.05) is 58.4 Å². The van der Waals surface area contributed by atoms with Gasteiger partial charge in [-0.05, 0) is 36.6 Å². The number of likely N-dealkylation sites (tertiary alicyclic amines) is 1. The minimum absolute atomic E-state index is 0.0161. The summed E-state index contributed by atoms with van der Waals surface area (Å²) >= 11 is 0. The highest BCUT2D eigenvalue weighted by Gasteiger charge is 2.29. The van der Waals surface area contributed by atoms with E-state index < -0.39 is 0 Å². The van der Waals surface area contributed by atoms with Crippen LogP contribution < -0.4 is 10.6 Å². The normalized spacial score (nSPS) is 19.5. The molecule has 0 aliphatic carbocycles. The first-order valence-corrected chi connectivity index (χ1v) is 10.5. The van der Waals surface area contributed by atoms with Crippen LogP contribution in [0, 0.1) is 0 Å². The Bertz CT molecular complexity index is 848. The maximum Gasteiger partial charge on any atom is 0.253 e. The number of nitrogens with one attached hydrogen (secondary N) is 2. The number of carbonyl (C=O) groups excluding carboxylic acids is 1. The lowest BCUT2D eigenvalue weighted by Gasteiger charge is -2.21. The Morgan fingerprint density at radius 3 is 2.43 bits per heavy atom. The predicted octanol–water partition coefficient (Wildman–Crippen LogP) is 2.72. The number of guanidine groups is 1. The van der Waals surface area contributed by atoms with E-state index in [1.54, 1.807) is 26.0 Å². The van der Waals surface area contributed by atoms with E-state index >= 15 is 0 Å². The molecular formula is C24H33N5O. The summed E-state index contributed by atoms with van der Waals surface area (Å²) in [4.78, 5) is 20.5. The number of aliphatic imine (C=N–C) groups is 1. The van der Waals surface area contributed by atoms with Gasteiger partial charge in [-0.3, -0.25) is 14.7 Å². The molecule has 0 radical (unpaired) electrons. The van der Waals surface area contributed by atoms with Crippen LogP contribution >= 0.6 is 0 Å². The molecule has 0 saturated carbocycles. The number of amides is 1. The SMILES string of the molecule is CN=C(NCc1ccc(C(=O)N(C)C)cc1)NC1CC(C)N(Cc2ccccc2)C1. The Hall–Kier alpha value is -2.86. The molecule has 2 unspecified atom stereocenters. The van der Waals surface area contributed by atoms with Gasteiger partial charge in [0.25, 0.3) is 5.91 Å². The van der Waals surface area contributed by atoms with Crippen LogP contribution in [0.4, 0.5) is 0 Å². The number of benzene rings is 2. The third-order valence-corrected chi connectivity index (χ3v) is 5.56. The van der Waals surface area contributed by atoms with Crippen molar-refractivity contribution < 1.29 is 4.79 Å². The van der Waals surface area contributed by atoms with Crippen molar-refractivity contribution in [1.82, 2.24) is 20.4 Å². The zero-order chi connectivity index (χ0) is 21.5. The molecular weight excluding hydrogens is 374 g/mol. The van der Waals surface area contributed by atoms with Crippen molar-refractivity contribution in [3.8, 4) is 0 Å². The van der Waals surface area contributed by atoms with Crippen LogP contribution in [0.3, 0.4) is 0 Å². The molecule has 2 aromatic carbocycles. The summed E-state index contributed by atoms with van der Waals surface area (Å²) in [6.45, 7) is 4.92. The van der Waals surface area contributed by atoms with Gasteiger partial charge in [-0.1, -0.05) is 42.5 Å². The molecule has 1 fully saturated rings. The van der Waals surface area contributed by atoms with Crippen molar-refractivity contribution in [1.29, 1.82) is 0 Å². The van der Waals surface area contributed by atoms with E-state index in [-0.39, 0.29) is 5.91 Å². The van der Waals surface area contributed by atoms with Gasteiger partial charge in [-0.15, -0.1) is 0 Å². The predicted molar refractivity (Wildman–Crippen MR) is 123 cm³/mol. The quantitative estimate of drug-likeness (QED) is 0.571. The Morgan fingerprint density at radius 2 is 1.80 bits per heavy atom. The molecule has 1 amide bonds. The van der Waals surface area contributed by atoms with Crippen molar-refractivity contribution in [2.75, 3.05) is 27.7 Å². The minimum Gasteiger partial charge on any atom is -0.352 e. The van der Waals surface area contributed by atoms with Gasteiger partial charge in [-0.2, -0.15) is 0 Å². The van der Waals surface area contributed by atoms with Gasteiger partial charge >= 0.3 is 0 Å². The number of hydrogen-bond acceptors (Lipinski definition) is 3. The number of rotatable bonds is 6. The van der Waals surface area contributed by atoms with Crippen LogP contribution in [0.1, 0.15) is 34.8 Å². The summed E-state index contributed by atoms with van der Waals surface area (Å²) in [5.74, 6) is 0.824. The number of nitrogens with zero attached hydrogens (tertiary/aromatic N) is 3. The highest BCUT2D eigenvalue weighted by molar-refractivity contribution is 5.93. The van der Waals surface area contributed by atoms with E-state index in [0.29, 0.717) is 24.2 Å². The van der Waals surface area contributed by atoms with Gasteiger partial charge in [0.2, 0.25) is 0 Å². The monoisotopic (exact) mass is 407 g/mol. The highest BCUT2D eigenvalue weighted by Crippen LogP contribution is 2.20. The third-order valence-electron chi connectivity index (χ3n) is 5.56. The van der Waals surface area contributed by atoms with E-state index in [9.17, 15) is 4.79 Å². The topological polar surface area (TPSA) is 60.0 Å². The molecule has 2 N–H and O–H groups in total. The Labute approximate surface area is 180 Å². The Kier molecular flexibility index (Phi) is 7.46. The minimum atomic E-state index is 0.0161. The lowest BCUT2D eigenvalue weighted by atomic mass is 10.1. The summed E-state index contributed by atoms with van der Waals surface area (Å²) in [6.07, 6.45) is 1.09. The first-order valence-electron chi connectivity index (χ1n) is 10.5. The average molecular weight is 408 g/mol. The van der Waals surface area contributed by atoms with Gasteiger partial charge in [0.15, 0.2) is 5.96 Å². The molecule has 0 spiro atoms. The first-order chi connectivity index (χ1) is 14.5. The van der Waals surface area contributed by atoms with E-state index in [1.807, 2.05) is 24.3 Å². The third kappa shape index (κ3) is 5.83. The van der Waals surface area contributed by atoms with Gasteiger partial charge in [0.1, 0.15) is 0 Å². The van der Waals surface area contributed by atoms with Crippen LogP contribution in [0.2, 0.25) is 0 Å². The van der Waals surface area contributed by atoms with Crippen LogP contribution in [-0.2, 0) is 13.1 Å². The van der Waals surface area contributed by atoms with Crippen LogP contribution in [0.25, 0.3) is 0 Å². The smallest absolute Gasteiger partial charge is 0.253 e. The Morgan fingerprint density at radius 1 is 1.10 bits per heavy atom. The lowest BCUT2D eigenvalue weighted by molar-refractivity contribution is 0.0827. The highest BCUT2D eigenvalue weighted by atomic mass is 16.2. The molecule has 30 heavy (non-hydrogen) atoms. The summed E-state index contributed by atoms with van der Waals surface area (Å²) in [6, 6.07) is 19.2. The molecule has 3 rings (SSSR count). The second-order valence-corrected chi connectivity index (χ2v) is 8.16. The molecule has 1 aliphatic rings. The zero-order valence-corrected chi connectivity index (χ0v) is 18.4. The first kappa shape index (κ1) is 21.8. The van der Waals surface area contributed by atoms with E-state index in [4.69, 9.17) is 0 Å². The number of hydrogen-bond donors (Lipinski definition) is 2. The van der Waals surface area contributed by atoms with Crippen LogP contribution in [0.5, 0.6) is 0 Å². The van der Waals surface area contributed by atoms with Gasteiger partial charge in [0.05, 0.1) is 0 Å². The van der Waals surface area contributed by atoms with E-state index in [0.717, 1.165) is 31.0 Å². The maximum atomic E-state index is 12.0. The molecule has 2 aromatic rings. The van der Waals surface area contributed by atoms with Crippen molar-refractivity contribution in [2.24, 2.45) is 4.99 Å². The Balaban J connectivity index is 1.49. The summed E-state index contributed by atoms with van der Waals surface area (Å²) in [5, 5.41) is 6.95. The van der Waals surface area contributed by atoms with Crippen LogP contribution in [0.15, 0.2) is 59.6 Å². The molecule has 1 saturated heterocycles. The molecule has 0 bridgehead atoms. The molecule has 6 heteroatoms. The van der Waals surface area contributed by atoms with Crippen molar-refractivity contribution in [2.45, 2.75) is 38.5 Å². The molecule has 0 aromatic heterocycles. The van der Waals surface area contributed by atoms with Gasteiger partial charge in [-0.25, -0.2) is 0 Å². The fraction of sp³-hybridized carbons (Fsp3) is 0.417. The standard InChI is InChI=1S/C24H33N5O/c1-18-14-22(17-29(18)16-20-8-6-5-7-9-20)27-24(25-2)26-15-19-10-12-21(13-11-19)23(30)28(3)4/h5-13,18,22H,14-17H2,1-4H3,(H2,25,26,27). The van der Waals surface area contributed by atoms with E-state index in [2.05, 4.69) is 57.8 Å². The lowest BCUT2D eigenvalue weighted by Crippen LogP contribution is -2.44. The second-order valence-electron chi connectivity index (χ2n) is 8.16. The zero-order valence-electron chi connectivity index (χ0n) is 18.4. The second kappa shape index (κ2) is 10.3. The molecule has 6 nitrogen and oxygen atoms in total. The molecule has 2 atom stereocenters. The van der Waals surface area contributed by atoms with Crippen molar-refractivity contribution in [3.63, 3.8) is 0 Å². The summed E-state index contributed by atoms with van der Waals surface area (Å²) in [7, 11) is 5.32. The average Bonchev–Trinajstić information content (AvgIpc) is 3.10. The van der Waals surface area contributed by atoms with Crippen molar-refractivity contribution in [3.05, 3.63) is 71.3 Å². The van der Waals surface area contributed by atoms with Crippen molar-refractivity contribution >= 4 is 11.9 Å². The summed E-state index contributed by atoms with van der Waals surface area (Å²) < 4.78 is 0. The molecule has 1 heterocycles. The fourth-order valence-corrected chi connectivity index (χ4v) is 3.84. The number of carbonyl (C=O) groups is 1. The van der Waals surface area contributed by atoms with Crippen LogP contribution in [-0.4, -0.2) is 61.4 Å². The maximum absolute atomic E-state index is 12.0. The fourth-order valence-electron chi connectivity index (χ4n) is 3.84.